The van der Waals surface area contributed by atoms with Gasteiger partial charge in [0.05, 0.1) is 12.2 Å². The van der Waals surface area contributed by atoms with Crippen LogP contribution in [0.4, 0.5) is 8.78 Å². The predicted molar refractivity (Wildman–Crippen MR) is 216 cm³/mol. The smallest absolute Gasteiger partial charge is 0.276 e. The number of halogens is 2. The van der Waals surface area contributed by atoms with Crippen LogP contribution in [0.3, 0.4) is 0 Å². The summed E-state index contributed by atoms with van der Waals surface area (Å²) < 4.78 is 56.5. The van der Waals surface area contributed by atoms with Gasteiger partial charge in [-0.3, -0.25) is 0 Å². The van der Waals surface area contributed by atoms with Crippen LogP contribution in [0, 0.1) is 23.2 Å². The summed E-state index contributed by atoms with van der Waals surface area (Å²) in [6.07, 6.45) is 13.3. The lowest BCUT2D eigenvalue weighted by Gasteiger charge is -2.45. The van der Waals surface area contributed by atoms with Crippen molar-refractivity contribution in [3.63, 3.8) is 0 Å². The van der Waals surface area contributed by atoms with E-state index in [0.717, 1.165) is 38.5 Å². The van der Waals surface area contributed by atoms with E-state index in [2.05, 4.69) is 107 Å². The molecule has 4 nitrogen and oxygen atoms in total. The maximum atomic E-state index is 15.6. The van der Waals surface area contributed by atoms with E-state index in [-0.39, 0.29) is 40.0 Å². The highest BCUT2D eigenvalue weighted by Gasteiger charge is 2.52. The molecule has 51 heavy (non-hydrogen) atoms. The van der Waals surface area contributed by atoms with Crippen LogP contribution in [0.25, 0.3) is 0 Å². The minimum absolute atomic E-state index is 0.0623. The summed E-state index contributed by atoms with van der Waals surface area (Å²) in [6, 6.07) is 0. The van der Waals surface area contributed by atoms with Crippen molar-refractivity contribution in [1.82, 2.24) is 0 Å². The van der Waals surface area contributed by atoms with Gasteiger partial charge in [-0.25, -0.2) is 8.78 Å². The quantitative estimate of drug-likeness (QED) is 0.123. The monoisotopic (exact) mass is 753 g/mol. The number of hydrogen-bond acceptors (Lipinski definition) is 4. The maximum Gasteiger partial charge on any atom is 0.276 e. The molecule has 7 atom stereocenters. The van der Waals surface area contributed by atoms with Crippen LogP contribution >= 0.6 is 0 Å². The lowest BCUT2D eigenvalue weighted by molar-refractivity contribution is -0.264. The molecule has 0 spiro atoms. The molecule has 1 fully saturated rings. The van der Waals surface area contributed by atoms with Gasteiger partial charge in [0, 0.05) is 19.4 Å². The first kappa shape index (κ1) is 44.7. The van der Waals surface area contributed by atoms with Gasteiger partial charge in [-0.1, -0.05) is 73.6 Å². The van der Waals surface area contributed by atoms with E-state index in [0.29, 0.717) is 24.9 Å². The zero-order valence-corrected chi connectivity index (χ0v) is 37.9. The summed E-state index contributed by atoms with van der Waals surface area (Å²) in [7, 11) is -3.98. The van der Waals surface area contributed by atoms with Crippen molar-refractivity contribution in [2.45, 2.75) is 208 Å². The SMILES string of the molecule is CCOC(C)OC(C)(C)C(F)(F)CC[C@@H](C)[C@H]1CC[C@H]2C(/C=C\C3=C(C)[C@H](O[Si](C)(C)C(C)(C)C)C[C@@H](O[Si](C)(C)C(C)(C)C)C3)=CCC[C@]12C. The van der Waals surface area contributed by atoms with Crippen molar-refractivity contribution in [2.75, 3.05) is 6.61 Å². The van der Waals surface area contributed by atoms with Crippen molar-refractivity contribution in [3.05, 3.63) is 34.9 Å². The molecule has 0 saturated heterocycles. The molecule has 0 radical (unpaired) electrons. The molecule has 296 valence electrons. The van der Waals surface area contributed by atoms with Crippen LogP contribution in [0.15, 0.2) is 34.9 Å². The van der Waals surface area contributed by atoms with E-state index >= 15 is 8.78 Å². The zero-order valence-electron chi connectivity index (χ0n) is 35.9. The summed E-state index contributed by atoms with van der Waals surface area (Å²) in [5, 5.41) is 0.274. The molecule has 3 rings (SSSR count). The molecule has 8 heteroatoms. The Hall–Kier alpha value is -0.646. The Morgan fingerprint density at radius 2 is 1.51 bits per heavy atom. The largest absolute Gasteiger partial charge is 0.413 e. The lowest BCUT2D eigenvalue weighted by atomic mass is 9.62. The average Bonchev–Trinajstić information content (AvgIpc) is 3.32. The van der Waals surface area contributed by atoms with E-state index in [9.17, 15) is 0 Å². The molecular weight excluding hydrogens is 675 g/mol. The third kappa shape index (κ3) is 10.4. The van der Waals surface area contributed by atoms with Gasteiger partial charge in [0.25, 0.3) is 5.92 Å². The Balaban J connectivity index is 1.81. The first-order valence-corrected chi connectivity index (χ1v) is 26.0. The number of rotatable bonds is 15. The Labute approximate surface area is 315 Å². The third-order valence-electron chi connectivity index (χ3n) is 14.1. The molecule has 0 N–H and O–H groups in total. The topological polar surface area (TPSA) is 36.9 Å². The molecule has 3 aliphatic carbocycles. The van der Waals surface area contributed by atoms with E-state index in [1.54, 1.807) is 6.92 Å². The highest BCUT2D eigenvalue weighted by Crippen LogP contribution is 2.59. The van der Waals surface area contributed by atoms with Crippen molar-refractivity contribution >= 4 is 16.6 Å². The Kier molecular flexibility index (Phi) is 14.2. The van der Waals surface area contributed by atoms with Gasteiger partial charge >= 0.3 is 0 Å². The van der Waals surface area contributed by atoms with Crippen molar-refractivity contribution in [3.8, 4) is 0 Å². The summed E-state index contributed by atoms with van der Waals surface area (Å²) in [5.41, 5.74) is 2.65. The Morgan fingerprint density at radius 3 is 2.08 bits per heavy atom. The van der Waals surface area contributed by atoms with Crippen LogP contribution in [0.1, 0.15) is 141 Å². The molecule has 3 aliphatic rings. The first-order valence-electron chi connectivity index (χ1n) is 20.2. The van der Waals surface area contributed by atoms with Gasteiger partial charge in [0.15, 0.2) is 22.9 Å². The van der Waals surface area contributed by atoms with Gasteiger partial charge < -0.3 is 18.3 Å². The van der Waals surface area contributed by atoms with E-state index in [4.69, 9.17) is 18.3 Å². The zero-order chi connectivity index (χ0) is 39.0. The molecular formula is C43H78F2O4Si2. The van der Waals surface area contributed by atoms with Gasteiger partial charge in [0.2, 0.25) is 0 Å². The van der Waals surface area contributed by atoms with Gasteiger partial charge in [-0.15, -0.1) is 0 Å². The van der Waals surface area contributed by atoms with Gasteiger partial charge in [-0.2, -0.15) is 0 Å². The molecule has 0 aromatic rings. The maximum absolute atomic E-state index is 15.6. The fraction of sp³-hybridized carbons (Fsp3) is 0.860. The fourth-order valence-electron chi connectivity index (χ4n) is 8.52. The summed E-state index contributed by atoms with van der Waals surface area (Å²) in [5.74, 6) is -1.87. The Bertz CT molecular complexity index is 1270. The second-order valence-electron chi connectivity index (χ2n) is 20.2. The van der Waals surface area contributed by atoms with Crippen LogP contribution in [-0.4, -0.2) is 53.3 Å². The average molecular weight is 753 g/mol. The molecule has 0 heterocycles. The predicted octanol–water partition coefficient (Wildman–Crippen LogP) is 13.4. The number of hydrogen-bond donors (Lipinski definition) is 0. The van der Waals surface area contributed by atoms with Crippen LogP contribution < -0.4 is 0 Å². The number of alkyl halides is 2. The van der Waals surface area contributed by atoms with Crippen molar-refractivity contribution < 1.29 is 27.1 Å². The summed E-state index contributed by atoms with van der Waals surface area (Å²) >= 11 is 0. The molecule has 0 aromatic carbocycles. The number of allylic oxidation sites excluding steroid dienone is 4. The summed E-state index contributed by atoms with van der Waals surface area (Å²) in [6.45, 7) is 37.3. The van der Waals surface area contributed by atoms with Crippen LogP contribution in [-0.2, 0) is 18.3 Å². The van der Waals surface area contributed by atoms with Crippen molar-refractivity contribution in [1.29, 1.82) is 0 Å². The first-order chi connectivity index (χ1) is 23.1. The minimum Gasteiger partial charge on any atom is -0.413 e. The fourth-order valence-corrected chi connectivity index (χ4v) is 11.2. The molecule has 0 aromatic heterocycles. The highest BCUT2D eigenvalue weighted by molar-refractivity contribution is 6.74. The minimum atomic E-state index is -2.95. The highest BCUT2D eigenvalue weighted by atomic mass is 28.4. The van der Waals surface area contributed by atoms with E-state index in [1.165, 1.54) is 30.6 Å². The molecule has 0 bridgehead atoms. The van der Waals surface area contributed by atoms with Crippen LogP contribution in [0.5, 0.6) is 0 Å². The van der Waals surface area contributed by atoms with E-state index < -0.39 is 34.4 Å². The summed E-state index contributed by atoms with van der Waals surface area (Å²) in [4.78, 5) is 0. The standard InChI is InChI=1S/C43H78F2O4Si2/c1-18-46-32(4)47-41(11,12)43(44,45)27-25-30(2)36-23-24-37-33(20-19-26-42(36,37)13)21-22-34-28-35(48-50(14,15)39(5,6)7)29-38(31(34)3)49-51(16,17)40(8,9)10/h20-22,30,32,35-38H,18-19,23-29H2,1-17H3/b22-21-/t30-,32?,35+,36-,37+,38-,42-/m1/s1. The second-order valence-corrected chi connectivity index (χ2v) is 29.7. The Morgan fingerprint density at radius 1 is 0.922 bits per heavy atom. The second kappa shape index (κ2) is 16.2. The van der Waals surface area contributed by atoms with E-state index in [1.807, 2.05) is 6.92 Å². The van der Waals surface area contributed by atoms with Gasteiger partial charge in [-0.05, 0) is 149 Å². The molecule has 1 saturated carbocycles. The molecule has 0 aliphatic heterocycles. The van der Waals surface area contributed by atoms with Crippen LogP contribution in [0.2, 0.25) is 36.3 Å². The third-order valence-corrected chi connectivity index (χ3v) is 23.1. The van der Waals surface area contributed by atoms with Crippen molar-refractivity contribution in [2.24, 2.45) is 23.2 Å². The normalized spacial score (nSPS) is 28.6. The number of ether oxygens (including phenoxy) is 2. The lowest BCUT2D eigenvalue weighted by Crippen LogP contribution is -2.49. The molecule has 1 unspecified atom stereocenters. The molecule has 0 amide bonds. The number of fused-ring (bicyclic) bond motifs is 1. The van der Waals surface area contributed by atoms with Gasteiger partial charge in [0.1, 0.15) is 5.60 Å².